The first-order valence-corrected chi connectivity index (χ1v) is 6.50. The molecule has 0 radical (unpaired) electrons. The van der Waals surface area contributed by atoms with Crippen LogP contribution in [0.5, 0.6) is 5.75 Å². The predicted molar refractivity (Wildman–Crippen MR) is 77.2 cm³/mol. The molecule has 0 saturated carbocycles. The fourth-order valence-corrected chi connectivity index (χ4v) is 2.04. The largest absolute Gasteiger partial charge is 0.489 e. The minimum Gasteiger partial charge on any atom is -0.489 e. The molecule has 0 aliphatic heterocycles. The lowest BCUT2D eigenvalue weighted by Crippen LogP contribution is -1.94. The van der Waals surface area contributed by atoms with Crippen LogP contribution in [-0.2, 0) is 6.61 Å². The summed E-state index contributed by atoms with van der Waals surface area (Å²) in [5.74, 6) is 0.859. The van der Waals surface area contributed by atoms with Crippen molar-refractivity contribution >= 4 is 27.8 Å². The molecule has 0 N–H and O–H groups in total. The smallest absolute Gasteiger partial charge is 0.287 e. The van der Waals surface area contributed by atoms with Crippen LogP contribution in [0.3, 0.4) is 0 Å². The Morgan fingerprint density at radius 3 is 2.65 bits per heavy atom. The summed E-state index contributed by atoms with van der Waals surface area (Å²) >= 11 is 5.39. The second-order valence-electron chi connectivity index (χ2n) is 4.36. The van der Waals surface area contributed by atoms with E-state index in [2.05, 4.69) is 0 Å². The maximum absolute atomic E-state index is 11.1. The summed E-state index contributed by atoms with van der Waals surface area (Å²) in [6.07, 6.45) is 0. The van der Waals surface area contributed by atoms with E-state index in [1.165, 1.54) is 0 Å². The lowest BCUT2D eigenvalue weighted by molar-refractivity contribution is 0.105. The van der Waals surface area contributed by atoms with E-state index >= 15 is 0 Å². The molecule has 3 nitrogen and oxygen atoms in total. The Hall–Kier alpha value is -2.26. The van der Waals surface area contributed by atoms with Crippen LogP contribution in [0.25, 0.3) is 11.0 Å². The number of halogens is 1. The molecule has 0 unspecified atom stereocenters. The zero-order valence-electron chi connectivity index (χ0n) is 10.5. The van der Waals surface area contributed by atoms with Gasteiger partial charge < -0.3 is 9.15 Å². The van der Waals surface area contributed by atoms with E-state index in [1.54, 1.807) is 18.2 Å². The van der Waals surface area contributed by atoms with Gasteiger partial charge in [-0.15, -0.1) is 0 Å². The maximum Gasteiger partial charge on any atom is 0.287 e. The van der Waals surface area contributed by atoms with Crippen molar-refractivity contribution < 1.29 is 13.9 Å². The zero-order valence-corrected chi connectivity index (χ0v) is 11.3. The third-order valence-electron chi connectivity index (χ3n) is 2.93. The van der Waals surface area contributed by atoms with E-state index in [1.807, 2.05) is 36.4 Å². The normalized spacial score (nSPS) is 10.7. The van der Waals surface area contributed by atoms with Crippen LogP contribution in [0.15, 0.2) is 59.0 Å². The molecule has 0 atom stereocenters. The average Bonchev–Trinajstić information content (AvgIpc) is 2.89. The van der Waals surface area contributed by atoms with Gasteiger partial charge in [-0.3, -0.25) is 4.79 Å². The summed E-state index contributed by atoms with van der Waals surface area (Å²) in [5, 5.41) is 0.188. The molecule has 0 spiro atoms. The van der Waals surface area contributed by atoms with Crippen molar-refractivity contribution in [2.45, 2.75) is 6.61 Å². The van der Waals surface area contributed by atoms with Crippen LogP contribution >= 0.6 is 11.6 Å². The van der Waals surface area contributed by atoms with Crippen LogP contribution in [0.2, 0.25) is 0 Å². The van der Waals surface area contributed by atoms with Gasteiger partial charge in [0.25, 0.3) is 5.24 Å². The zero-order chi connectivity index (χ0) is 13.9. The standard InChI is InChI=1S/C16H11ClO3/c17-16(18)15-9-12-8-13(6-7-14(12)20-15)19-10-11-4-2-1-3-5-11/h1-9H,10H2. The Kier molecular flexibility index (Phi) is 3.44. The molecular formula is C16H11ClO3. The maximum atomic E-state index is 11.1. The van der Waals surface area contributed by atoms with Crippen molar-refractivity contribution in [3.8, 4) is 5.75 Å². The second kappa shape index (κ2) is 5.39. The van der Waals surface area contributed by atoms with Gasteiger partial charge in [0.15, 0.2) is 5.76 Å². The minimum atomic E-state index is -0.604. The first-order valence-electron chi connectivity index (χ1n) is 6.12. The molecule has 0 aliphatic carbocycles. The molecule has 0 fully saturated rings. The molecular weight excluding hydrogens is 276 g/mol. The Labute approximate surface area is 120 Å². The van der Waals surface area contributed by atoms with Crippen molar-refractivity contribution in [1.29, 1.82) is 0 Å². The van der Waals surface area contributed by atoms with E-state index < -0.39 is 5.24 Å². The number of carbonyl (C=O) groups excluding carboxylic acids is 1. The lowest BCUT2D eigenvalue weighted by Gasteiger charge is -2.05. The molecule has 3 rings (SSSR count). The highest BCUT2D eigenvalue weighted by molar-refractivity contribution is 6.67. The monoisotopic (exact) mass is 286 g/mol. The van der Waals surface area contributed by atoms with Gasteiger partial charge in [-0.25, -0.2) is 0 Å². The molecule has 100 valence electrons. The number of fused-ring (bicyclic) bond motifs is 1. The fourth-order valence-electron chi connectivity index (χ4n) is 1.95. The number of carbonyl (C=O) groups is 1. The van der Waals surface area contributed by atoms with Crippen molar-refractivity contribution in [3.63, 3.8) is 0 Å². The van der Waals surface area contributed by atoms with Gasteiger partial charge in [0.1, 0.15) is 17.9 Å². The number of rotatable bonds is 4. The molecule has 1 heterocycles. The molecule has 2 aromatic carbocycles. The van der Waals surface area contributed by atoms with Gasteiger partial charge in [0, 0.05) is 5.39 Å². The molecule has 20 heavy (non-hydrogen) atoms. The van der Waals surface area contributed by atoms with Crippen molar-refractivity contribution in [3.05, 3.63) is 65.9 Å². The predicted octanol–water partition coefficient (Wildman–Crippen LogP) is 4.39. The molecule has 1 aromatic heterocycles. The van der Waals surface area contributed by atoms with E-state index in [0.29, 0.717) is 12.2 Å². The lowest BCUT2D eigenvalue weighted by atomic mass is 10.2. The first kappa shape index (κ1) is 12.8. The van der Waals surface area contributed by atoms with Gasteiger partial charge in [-0.1, -0.05) is 30.3 Å². The molecule has 0 amide bonds. The van der Waals surface area contributed by atoms with Crippen LogP contribution in [0, 0.1) is 0 Å². The van der Waals surface area contributed by atoms with E-state index in [4.69, 9.17) is 20.8 Å². The van der Waals surface area contributed by atoms with Crippen LogP contribution in [-0.4, -0.2) is 5.24 Å². The number of hydrogen-bond acceptors (Lipinski definition) is 3. The summed E-state index contributed by atoms with van der Waals surface area (Å²) in [7, 11) is 0. The fraction of sp³-hybridized carbons (Fsp3) is 0.0625. The Balaban J connectivity index is 1.80. The summed E-state index contributed by atoms with van der Waals surface area (Å²) in [5.41, 5.74) is 1.71. The number of furan rings is 1. The van der Waals surface area contributed by atoms with Gasteiger partial charge in [-0.2, -0.15) is 0 Å². The third-order valence-corrected chi connectivity index (χ3v) is 3.12. The van der Waals surface area contributed by atoms with E-state index in [9.17, 15) is 4.79 Å². The summed E-state index contributed by atoms with van der Waals surface area (Å²) in [6.45, 7) is 0.492. The van der Waals surface area contributed by atoms with Crippen molar-refractivity contribution in [2.75, 3.05) is 0 Å². The van der Waals surface area contributed by atoms with Crippen molar-refractivity contribution in [1.82, 2.24) is 0 Å². The molecule has 4 heteroatoms. The van der Waals surface area contributed by atoms with Gasteiger partial charge >= 0.3 is 0 Å². The Bertz CT molecular complexity index is 747. The van der Waals surface area contributed by atoms with Gasteiger partial charge in [0.2, 0.25) is 0 Å². The highest BCUT2D eigenvalue weighted by Gasteiger charge is 2.10. The summed E-state index contributed by atoms with van der Waals surface area (Å²) in [6, 6.07) is 16.9. The molecule has 0 aliphatic rings. The topological polar surface area (TPSA) is 39.4 Å². The molecule has 0 saturated heterocycles. The van der Waals surface area contributed by atoms with Crippen LogP contribution < -0.4 is 4.74 Å². The summed E-state index contributed by atoms with van der Waals surface area (Å²) < 4.78 is 11.0. The Morgan fingerprint density at radius 2 is 1.90 bits per heavy atom. The second-order valence-corrected chi connectivity index (χ2v) is 4.70. The van der Waals surface area contributed by atoms with Gasteiger partial charge in [0.05, 0.1) is 0 Å². The number of hydrogen-bond donors (Lipinski definition) is 0. The van der Waals surface area contributed by atoms with Crippen LogP contribution in [0.1, 0.15) is 16.1 Å². The SMILES string of the molecule is O=C(Cl)c1cc2cc(OCc3ccccc3)ccc2o1. The quantitative estimate of drug-likeness (QED) is 0.668. The molecule has 0 bridgehead atoms. The first-order chi connectivity index (χ1) is 9.72. The van der Waals surface area contributed by atoms with Gasteiger partial charge in [-0.05, 0) is 41.4 Å². The highest BCUT2D eigenvalue weighted by atomic mass is 35.5. The Morgan fingerprint density at radius 1 is 1.10 bits per heavy atom. The minimum absolute atomic E-state index is 0.141. The van der Waals surface area contributed by atoms with Crippen LogP contribution in [0.4, 0.5) is 0 Å². The van der Waals surface area contributed by atoms with Crippen molar-refractivity contribution in [2.24, 2.45) is 0 Å². The number of ether oxygens (including phenoxy) is 1. The molecule has 3 aromatic rings. The highest BCUT2D eigenvalue weighted by Crippen LogP contribution is 2.25. The number of benzene rings is 2. The average molecular weight is 287 g/mol. The summed E-state index contributed by atoms with van der Waals surface area (Å²) in [4.78, 5) is 11.1. The third kappa shape index (κ3) is 2.68. The van der Waals surface area contributed by atoms with E-state index in [0.717, 1.165) is 16.7 Å². The van der Waals surface area contributed by atoms with E-state index in [-0.39, 0.29) is 5.76 Å².